The van der Waals surface area contributed by atoms with E-state index in [0.717, 1.165) is 13.0 Å². The number of amides is 1. The molecule has 0 unspecified atom stereocenters. The van der Waals surface area contributed by atoms with Crippen molar-refractivity contribution in [1.82, 2.24) is 4.90 Å². The average Bonchev–Trinajstić information content (AvgIpc) is 1.61. The van der Waals surface area contributed by atoms with Gasteiger partial charge in [-0.2, -0.15) is 0 Å². The van der Waals surface area contributed by atoms with Gasteiger partial charge in [-0.25, -0.2) is 0 Å². The minimum Gasteiger partial charge on any atom is -0.394 e. The highest BCUT2D eigenvalue weighted by molar-refractivity contribution is 5.74. The summed E-state index contributed by atoms with van der Waals surface area (Å²) in [5.41, 5.74) is 0. The zero-order chi connectivity index (χ0) is 6.85. The van der Waals surface area contributed by atoms with Gasteiger partial charge in [0.2, 0.25) is 5.91 Å². The van der Waals surface area contributed by atoms with Crippen molar-refractivity contribution < 1.29 is 9.90 Å². The minimum atomic E-state index is 0.0697. The highest BCUT2D eigenvalue weighted by Crippen LogP contribution is 2.15. The summed E-state index contributed by atoms with van der Waals surface area (Å²) < 4.78 is 0. The topological polar surface area (TPSA) is 40.5 Å². The molecule has 1 heterocycles. The van der Waals surface area contributed by atoms with Crippen LogP contribution in [0.5, 0.6) is 0 Å². The van der Waals surface area contributed by atoms with Gasteiger partial charge >= 0.3 is 0 Å². The van der Waals surface area contributed by atoms with E-state index < -0.39 is 0 Å². The first kappa shape index (κ1) is 6.55. The van der Waals surface area contributed by atoms with E-state index in [1.807, 2.05) is 0 Å². The molecule has 0 bridgehead atoms. The molecular formula is C6H11NO2. The Bertz CT molecular complexity index is 122. The molecule has 0 saturated carbocycles. The minimum absolute atomic E-state index is 0.0697. The molecule has 1 aliphatic rings. The molecule has 0 aromatic heterocycles. The zero-order valence-electron chi connectivity index (χ0n) is 5.50. The summed E-state index contributed by atoms with van der Waals surface area (Å²) >= 11 is 0. The fourth-order valence-electron chi connectivity index (χ4n) is 1.05. The predicted octanol–water partition coefficient (Wildman–Crippen LogP) is -0.401. The Balaban J connectivity index is 2.35. The van der Waals surface area contributed by atoms with E-state index in [9.17, 15) is 4.79 Å². The van der Waals surface area contributed by atoms with Crippen LogP contribution in [0.1, 0.15) is 13.3 Å². The Labute approximate surface area is 54.3 Å². The molecule has 1 atom stereocenters. The molecule has 1 saturated heterocycles. The lowest BCUT2D eigenvalue weighted by molar-refractivity contribution is -0.137. The molecule has 9 heavy (non-hydrogen) atoms. The second kappa shape index (κ2) is 2.35. The lowest BCUT2D eigenvalue weighted by Gasteiger charge is -2.39. The third-order valence-electron chi connectivity index (χ3n) is 1.76. The number of aliphatic hydroxyl groups is 1. The lowest BCUT2D eigenvalue weighted by Crippen LogP contribution is -2.51. The van der Waals surface area contributed by atoms with Crippen molar-refractivity contribution >= 4 is 5.91 Å². The summed E-state index contributed by atoms with van der Waals surface area (Å²) in [6, 6.07) is 0.113. The summed E-state index contributed by atoms with van der Waals surface area (Å²) in [5, 5.41) is 8.61. The van der Waals surface area contributed by atoms with Crippen LogP contribution in [-0.2, 0) is 4.79 Å². The Hall–Kier alpha value is -0.570. The Kier molecular flexibility index (Phi) is 1.71. The first-order valence-corrected chi connectivity index (χ1v) is 3.13. The van der Waals surface area contributed by atoms with Crippen LogP contribution >= 0.6 is 0 Å². The number of hydrogen-bond acceptors (Lipinski definition) is 2. The number of carbonyl (C=O) groups is 1. The second-order valence-corrected chi connectivity index (χ2v) is 2.34. The quantitative estimate of drug-likeness (QED) is 0.523. The maximum absolute atomic E-state index is 10.6. The molecule has 1 rings (SSSR count). The standard InChI is InChI=1S/C6H11NO2/c1-5(9)7-3-2-6(7)4-8/h6,8H,2-4H2,1H3/t6-/m1/s1. The fraction of sp³-hybridized carbons (Fsp3) is 0.833. The average molecular weight is 129 g/mol. The number of rotatable bonds is 1. The summed E-state index contributed by atoms with van der Waals surface area (Å²) in [5.74, 6) is 0.0697. The molecule has 1 aliphatic heterocycles. The summed E-state index contributed by atoms with van der Waals surface area (Å²) in [4.78, 5) is 12.3. The summed E-state index contributed by atoms with van der Waals surface area (Å²) in [6.07, 6.45) is 0.954. The largest absolute Gasteiger partial charge is 0.394 e. The zero-order valence-corrected chi connectivity index (χ0v) is 5.50. The maximum atomic E-state index is 10.6. The molecule has 0 aliphatic carbocycles. The van der Waals surface area contributed by atoms with Crippen molar-refractivity contribution in [3.05, 3.63) is 0 Å². The van der Waals surface area contributed by atoms with E-state index in [2.05, 4.69) is 0 Å². The van der Waals surface area contributed by atoms with Gasteiger partial charge in [-0.05, 0) is 6.42 Å². The SMILES string of the molecule is CC(=O)N1CC[C@@H]1CO. The summed E-state index contributed by atoms with van der Waals surface area (Å²) in [7, 11) is 0. The van der Waals surface area contributed by atoms with E-state index >= 15 is 0 Å². The Morgan fingerprint density at radius 1 is 1.89 bits per heavy atom. The Morgan fingerprint density at radius 3 is 2.67 bits per heavy atom. The molecule has 0 spiro atoms. The monoisotopic (exact) mass is 129 g/mol. The molecule has 1 amide bonds. The van der Waals surface area contributed by atoms with Crippen LogP contribution < -0.4 is 0 Å². The van der Waals surface area contributed by atoms with E-state index in [-0.39, 0.29) is 18.6 Å². The molecule has 52 valence electrons. The van der Waals surface area contributed by atoms with Gasteiger partial charge in [0.05, 0.1) is 12.6 Å². The fourth-order valence-corrected chi connectivity index (χ4v) is 1.05. The number of aliphatic hydroxyl groups excluding tert-OH is 1. The van der Waals surface area contributed by atoms with Crippen molar-refractivity contribution in [2.24, 2.45) is 0 Å². The van der Waals surface area contributed by atoms with Gasteiger partial charge in [0.15, 0.2) is 0 Å². The van der Waals surface area contributed by atoms with Crippen LogP contribution in [0.2, 0.25) is 0 Å². The molecule has 3 heteroatoms. The van der Waals surface area contributed by atoms with E-state index in [1.165, 1.54) is 6.92 Å². The first-order chi connectivity index (χ1) is 4.25. The van der Waals surface area contributed by atoms with E-state index in [4.69, 9.17) is 5.11 Å². The van der Waals surface area contributed by atoms with Crippen LogP contribution in [0.15, 0.2) is 0 Å². The number of nitrogens with zero attached hydrogens (tertiary/aromatic N) is 1. The van der Waals surface area contributed by atoms with Gasteiger partial charge in [0.1, 0.15) is 0 Å². The number of carbonyl (C=O) groups excluding carboxylic acids is 1. The molecule has 0 radical (unpaired) electrons. The smallest absolute Gasteiger partial charge is 0.219 e. The van der Waals surface area contributed by atoms with Gasteiger partial charge in [0, 0.05) is 13.5 Å². The van der Waals surface area contributed by atoms with Crippen molar-refractivity contribution in [3.8, 4) is 0 Å². The predicted molar refractivity (Wildman–Crippen MR) is 32.9 cm³/mol. The van der Waals surface area contributed by atoms with E-state index in [1.54, 1.807) is 4.90 Å². The number of likely N-dealkylation sites (tertiary alicyclic amines) is 1. The summed E-state index contributed by atoms with van der Waals surface area (Å²) in [6.45, 7) is 2.46. The van der Waals surface area contributed by atoms with Crippen molar-refractivity contribution in [1.29, 1.82) is 0 Å². The van der Waals surface area contributed by atoms with Crippen LogP contribution in [0.4, 0.5) is 0 Å². The van der Waals surface area contributed by atoms with Gasteiger partial charge in [0.25, 0.3) is 0 Å². The highest BCUT2D eigenvalue weighted by Gasteiger charge is 2.28. The number of hydrogen-bond donors (Lipinski definition) is 1. The molecule has 3 nitrogen and oxygen atoms in total. The molecule has 0 aromatic carbocycles. The second-order valence-electron chi connectivity index (χ2n) is 2.34. The van der Waals surface area contributed by atoms with Crippen molar-refractivity contribution in [3.63, 3.8) is 0 Å². The molecule has 1 N–H and O–H groups in total. The third kappa shape index (κ3) is 1.05. The molecule has 1 fully saturated rings. The normalized spacial score (nSPS) is 25.6. The molecular weight excluding hydrogens is 118 g/mol. The van der Waals surface area contributed by atoms with Crippen molar-refractivity contribution in [2.45, 2.75) is 19.4 Å². The van der Waals surface area contributed by atoms with Crippen LogP contribution in [0.25, 0.3) is 0 Å². The van der Waals surface area contributed by atoms with Gasteiger partial charge in [-0.3, -0.25) is 4.79 Å². The van der Waals surface area contributed by atoms with Crippen LogP contribution in [0, 0.1) is 0 Å². The van der Waals surface area contributed by atoms with Crippen LogP contribution in [-0.4, -0.2) is 35.1 Å². The first-order valence-electron chi connectivity index (χ1n) is 3.13. The van der Waals surface area contributed by atoms with E-state index in [0.29, 0.717) is 0 Å². The van der Waals surface area contributed by atoms with Gasteiger partial charge in [-0.15, -0.1) is 0 Å². The maximum Gasteiger partial charge on any atom is 0.219 e. The van der Waals surface area contributed by atoms with Crippen LogP contribution in [0.3, 0.4) is 0 Å². The highest BCUT2D eigenvalue weighted by atomic mass is 16.3. The molecule has 0 aromatic rings. The lowest BCUT2D eigenvalue weighted by atomic mass is 10.0. The van der Waals surface area contributed by atoms with Crippen molar-refractivity contribution in [2.75, 3.05) is 13.2 Å². The Morgan fingerprint density at radius 2 is 2.56 bits per heavy atom. The third-order valence-corrected chi connectivity index (χ3v) is 1.76. The van der Waals surface area contributed by atoms with Gasteiger partial charge < -0.3 is 10.0 Å². The van der Waals surface area contributed by atoms with Gasteiger partial charge in [-0.1, -0.05) is 0 Å².